The average Bonchev–Trinajstić information content (AvgIpc) is 2.96. The third-order valence-corrected chi connectivity index (χ3v) is 3.14. The first-order valence-electron chi connectivity index (χ1n) is 5.93. The zero-order chi connectivity index (χ0) is 11.5. The highest BCUT2D eigenvalue weighted by atomic mass is 16.2. The van der Waals surface area contributed by atoms with Crippen LogP contribution in [0.25, 0.3) is 0 Å². The van der Waals surface area contributed by atoms with E-state index in [4.69, 9.17) is 0 Å². The third-order valence-electron chi connectivity index (χ3n) is 3.14. The van der Waals surface area contributed by atoms with E-state index >= 15 is 0 Å². The number of hydrogen-bond acceptors (Lipinski definition) is 2. The molecule has 2 heterocycles. The van der Waals surface area contributed by atoms with Gasteiger partial charge in [0.1, 0.15) is 5.69 Å². The van der Waals surface area contributed by atoms with Gasteiger partial charge in [-0.15, -0.1) is 0 Å². The minimum Gasteiger partial charge on any atom is -0.387 e. The van der Waals surface area contributed by atoms with E-state index < -0.39 is 0 Å². The van der Waals surface area contributed by atoms with E-state index in [1.165, 1.54) is 0 Å². The summed E-state index contributed by atoms with van der Waals surface area (Å²) in [7, 11) is 1.87. The maximum atomic E-state index is 12.2. The highest BCUT2D eigenvalue weighted by Crippen LogP contribution is 2.18. The van der Waals surface area contributed by atoms with Crippen molar-refractivity contribution in [3.8, 4) is 0 Å². The number of nitrogens with one attached hydrogen (secondary N) is 1. The molecule has 4 heteroatoms. The van der Waals surface area contributed by atoms with Crippen LogP contribution in [0, 0.1) is 0 Å². The summed E-state index contributed by atoms with van der Waals surface area (Å²) in [6.45, 7) is 4.70. The van der Waals surface area contributed by atoms with Crippen LogP contribution in [-0.2, 0) is 6.54 Å². The van der Waals surface area contributed by atoms with Crippen molar-refractivity contribution in [1.82, 2.24) is 9.47 Å². The Kier molecular flexibility index (Phi) is 3.17. The zero-order valence-corrected chi connectivity index (χ0v) is 9.99. The van der Waals surface area contributed by atoms with E-state index in [-0.39, 0.29) is 5.91 Å². The van der Waals surface area contributed by atoms with E-state index in [0.717, 1.165) is 43.9 Å². The summed E-state index contributed by atoms with van der Waals surface area (Å²) in [4.78, 5) is 14.2. The van der Waals surface area contributed by atoms with Crippen molar-refractivity contribution in [3.05, 3.63) is 18.0 Å². The van der Waals surface area contributed by atoms with E-state index in [1.54, 1.807) is 0 Å². The summed E-state index contributed by atoms with van der Waals surface area (Å²) in [5.41, 5.74) is 1.80. The SMILES string of the molecule is CCn1cc(NC)cc1C(=O)N1CCCC1. The molecule has 0 atom stereocenters. The lowest BCUT2D eigenvalue weighted by Crippen LogP contribution is -2.29. The Balaban J connectivity index is 2.23. The van der Waals surface area contributed by atoms with Gasteiger partial charge >= 0.3 is 0 Å². The molecule has 4 nitrogen and oxygen atoms in total. The first-order valence-corrected chi connectivity index (χ1v) is 5.93. The highest BCUT2D eigenvalue weighted by Gasteiger charge is 2.22. The lowest BCUT2D eigenvalue weighted by Gasteiger charge is -2.16. The monoisotopic (exact) mass is 221 g/mol. The number of amides is 1. The first kappa shape index (κ1) is 11.0. The maximum Gasteiger partial charge on any atom is 0.270 e. The quantitative estimate of drug-likeness (QED) is 0.845. The number of rotatable bonds is 3. The number of aryl methyl sites for hydroxylation is 1. The molecule has 0 spiro atoms. The molecule has 1 amide bonds. The van der Waals surface area contributed by atoms with Crippen LogP contribution in [-0.4, -0.2) is 35.5 Å². The van der Waals surface area contributed by atoms with Gasteiger partial charge in [-0.3, -0.25) is 4.79 Å². The largest absolute Gasteiger partial charge is 0.387 e. The summed E-state index contributed by atoms with van der Waals surface area (Å²) in [6, 6.07) is 1.93. The Bertz CT molecular complexity index is 378. The standard InChI is InChI=1S/C12H19N3O/c1-3-14-9-10(13-2)8-11(14)12(16)15-6-4-5-7-15/h8-9,13H,3-7H2,1-2H3. The Morgan fingerprint density at radius 2 is 2.12 bits per heavy atom. The molecule has 1 N–H and O–H groups in total. The number of carbonyl (C=O) groups excluding carboxylic acids is 1. The Morgan fingerprint density at radius 1 is 1.44 bits per heavy atom. The highest BCUT2D eigenvalue weighted by molar-refractivity contribution is 5.94. The Labute approximate surface area is 96.2 Å². The molecule has 88 valence electrons. The molecular weight excluding hydrogens is 202 g/mol. The second-order valence-electron chi connectivity index (χ2n) is 4.15. The molecule has 0 unspecified atom stereocenters. The first-order chi connectivity index (χ1) is 7.76. The minimum absolute atomic E-state index is 0.167. The number of anilines is 1. The third kappa shape index (κ3) is 1.92. The summed E-state index contributed by atoms with van der Waals surface area (Å²) in [5.74, 6) is 0.167. The topological polar surface area (TPSA) is 37.3 Å². The van der Waals surface area contributed by atoms with Crippen LogP contribution in [0.15, 0.2) is 12.3 Å². The molecule has 0 saturated carbocycles. The second-order valence-corrected chi connectivity index (χ2v) is 4.15. The fraction of sp³-hybridized carbons (Fsp3) is 0.583. The molecule has 0 radical (unpaired) electrons. The lowest BCUT2D eigenvalue weighted by atomic mass is 10.3. The zero-order valence-electron chi connectivity index (χ0n) is 9.99. The number of aromatic nitrogens is 1. The molecule has 1 fully saturated rings. The van der Waals surface area contributed by atoms with Gasteiger partial charge in [0.25, 0.3) is 5.91 Å². The van der Waals surface area contributed by atoms with Gasteiger partial charge in [0.05, 0.1) is 5.69 Å². The summed E-state index contributed by atoms with van der Waals surface area (Å²) in [6.07, 6.45) is 4.26. The molecule has 1 aromatic heterocycles. The van der Waals surface area contributed by atoms with Crippen molar-refractivity contribution in [2.75, 3.05) is 25.5 Å². The molecule has 1 aliphatic heterocycles. The molecule has 1 aromatic rings. The van der Waals surface area contributed by atoms with Gasteiger partial charge in [0.15, 0.2) is 0 Å². The predicted molar refractivity (Wildman–Crippen MR) is 64.8 cm³/mol. The molecule has 0 aromatic carbocycles. The normalized spacial score (nSPS) is 15.5. The number of hydrogen-bond donors (Lipinski definition) is 1. The van der Waals surface area contributed by atoms with E-state index in [1.807, 2.05) is 28.8 Å². The van der Waals surface area contributed by atoms with Crippen LogP contribution >= 0.6 is 0 Å². The van der Waals surface area contributed by atoms with Crippen LogP contribution in [0.5, 0.6) is 0 Å². The lowest BCUT2D eigenvalue weighted by molar-refractivity contribution is 0.0782. The van der Waals surface area contributed by atoms with Crippen LogP contribution in [0.2, 0.25) is 0 Å². The molecule has 0 aliphatic carbocycles. The fourth-order valence-electron chi connectivity index (χ4n) is 2.17. The predicted octanol–water partition coefficient (Wildman–Crippen LogP) is 1.79. The molecule has 2 rings (SSSR count). The number of nitrogens with zero attached hydrogens (tertiary/aromatic N) is 2. The molecule has 1 saturated heterocycles. The van der Waals surface area contributed by atoms with Crippen LogP contribution in [0.4, 0.5) is 5.69 Å². The Morgan fingerprint density at radius 3 is 2.69 bits per heavy atom. The van der Waals surface area contributed by atoms with E-state index in [9.17, 15) is 4.79 Å². The smallest absolute Gasteiger partial charge is 0.270 e. The summed E-state index contributed by atoms with van der Waals surface area (Å²) in [5, 5.41) is 3.08. The summed E-state index contributed by atoms with van der Waals surface area (Å²) < 4.78 is 2.01. The van der Waals surface area contributed by atoms with E-state index in [0.29, 0.717) is 0 Å². The van der Waals surface area contributed by atoms with Gasteiger partial charge in [0.2, 0.25) is 0 Å². The van der Waals surface area contributed by atoms with Gasteiger partial charge in [-0.05, 0) is 25.8 Å². The average molecular weight is 221 g/mol. The van der Waals surface area contributed by atoms with Crippen molar-refractivity contribution >= 4 is 11.6 Å². The van der Waals surface area contributed by atoms with Crippen molar-refractivity contribution in [2.45, 2.75) is 26.3 Å². The molecular formula is C12H19N3O. The van der Waals surface area contributed by atoms with Gasteiger partial charge in [-0.2, -0.15) is 0 Å². The summed E-state index contributed by atoms with van der Waals surface area (Å²) >= 11 is 0. The van der Waals surface area contributed by atoms with Crippen LogP contribution < -0.4 is 5.32 Å². The second kappa shape index (κ2) is 4.60. The van der Waals surface area contributed by atoms with Gasteiger partial charge < -0.3 is 14.8 Å². The molecule has 16 heavy (non-hydrogen) atoms. The maximum absolute atomic E-state index is 12.2. The van der Waals surface area contributed by atoms with Crippen molar-refractivity contribution in [1.29, 1.82) is 0 Å². The van der Waals surface area contributed by atoms with E-state index in [2.05, 4.69) is 12.2 Å². The van der Waals surface area contributed by atoms with Gasteiger partial charge in [0, 0.05) is 32.9 Å². The van der Waals surface area contributed by atoms with Crippen molar-refractivity contribution in [3.63, 3.8) is 0 Å². The molecule has 1 aliphatic rings. The number of carbonyl (C=O) groups is 1. The fourth-order valence-corrected chi connectivity index (χ4v) is 2.17. The number of likely N-dealkylation sites (tertiary alicyclic amines) is 1. The molecule has 0 bridgehead atoms. The van der Waals surface area contributed by atoms with Crippen molar-refractivity contribution in [2.24, 2.45) is 0 Å². The van der Waals surface area contributed by atoms with Crippen molar-refractivity contribution < 1.29 is 4.79 Å². The Hall–Kier alpha value is -1.45. The van der Waals surface area contributed by atoms with Gasteiger partial charge in [-0.1, -0.05) is 0 Å². The van der Waals surface area contributed by atoms with Crippen LogP contribution in [0.1, 0.15) is 30.3 Å². The minimum atomic E-state index is 0.167. The van der Waals surface area contributed by atoms with Crippen LogP contribution in [0.3, 0.4) is 0 Å². The van der Waals surface area contributed by atoms with Gasteiger partial charge in [-0.25, -0.2) is 0 Å².